The van der Waals surface area contributed by atoms with Crippen LogP contribution in [0.5, 0.6) is 0 Å². The van der Waals surface area contributed by atoms with Gasteiger partial charge in [-0.15, -0.1) is 0 Å². The predicted molar refractivity (Wildman–Crippen MR) is 106 cm³/mol. The second-order valence-electron chi connectivity index (χ2n) is 5.93. The number of nitrogens with two attached hydrogens (primary N) is 1. The van der Waals surface area contributed by atoms with E-state index in [0.29, 0.717) is 17.1 Å². The van der Waals surface area contributed by atoms with Gasteiger partial charge in [-0.25, -0.2) is 4.98 Å². The maximum Gasteiger partial charge on any atom is 0.248 e. The summed E-state index contributed by atoms with van der Waals surface area (Å²) in [7, 11) is 1.68. The molecule has 142 valence electrons. The average molecular weight is 434 g/mol. The van der Waals surface area contributed by atoms with Crippen molar-refractivity contribution < 1.29 is 14.4 Å². The lowest BCUT2D eigenvalue weighted by Gasteiger charge is -2.23. The van der Waals surface area contributed by atoms with Gasteiger partial charge in [0.2, 0.25) is 17.7 Å². The average Bonchev–Trinajstić information content (AvgIpc) is 2.63. The van der Waals surface area contributed by atoms with E-state index >= 15 is 0 Å². The molecule has 0 saturated heterocycles. The maximum atomic E-state index is 12.4. The van der Waals surface area contributed by atoms with Crippen molar-refractivity contribution in [2.45, 2.75) is 13.0 Å². The minimum absolute atomic E-state index is 0.0208. The first-order chi connectivity index (χ1) is 12.8. The van der Waals surface area contributed by atoms with Gasteiger partial charge in [-0.05, 0) is 66.3 Å². The Morgan fingerprint density at radius 1 is 1.15 bits per heavy atom. The molecule has 0 spiro atoms. The normalized spacial score (nSPS) is 11.7. The summed E-state index contributed by atoms with van der Waals surface area (Å²) in [6.07, 6.45) is 1.58. The smallest absolute Gasteiger partial charge is 0.248 e. The van der Waals surface area contributed by atoms with Crippen molar-refractivity contribution in [3.8, 4) is 0 Å². The number of anilines is 2. The Morgan fingerprint density at radius 3 is 2.37 bits per heavy atom. The van der Waals surface area contributed by atoms with Crippen LogP contribution in [0.3, 0.4) is 0 Å². The fourth-order valence-electron chi connectivity index (χ4n) is 2.16. The van der Waals surface area contributed by atoms with Crippen LogP contribution in [-0.4, -0.2) is 47.2 Å². The molecule has 2 aromatic rings. The lowest BCUT2D eigenvalue weighted by molar-refractivity contribution is -0.122. The van der Waals surface area contributed by atoms with Crippen LogP contribution in [0.1, 0.15) is 17.3 Å². The van der Waals surface area contributed by atoms with Crippen LogP contribution in [-0.2, 0) is 9.59 Å². The molecule has 1 aromatic heterocycles. The summed E-state index contributed by atoms with van der Waals surface area (Å²) >= 11 is 3.27. The Kier molecular flexibility index (Phi) is 7.03. The number of amides is 3. The molecule has 9 heteroatoms. The number of aromatic nitrogens is 1. The number of carbonyl (C=O) groups excluding carboxylic acids is 3. The van der Waals surface area contributed by atoms with Gasteiger partial charge in [0.1, 0.15) is 5.82 Å². The summed E-state index contributed by atoms with van der Waals surface area (Å²) in [5.41, 5.74) is 6.08. The van der Waals surface area contributed by atoms with Gasteiger partial charge in [0.05, 0.1) is 12.6 Å². The molecule has 0 saturated carbocycles. The van der Waals surface area contributed by atoms with Crippen molar-refractivity contribution in [2.24, 2.45) is 5.73 Å². The number of halogens is 1. The van der Waals surface area contributed by atoms with Gasteiger partial charge in [0.25, 0.3) is 0 Å². The number of hydrogen-bond donors (Lipinski definition) is 3. The van der Waals surface area contributed by atoms with E-state index in [1.54, 1.807) is 49.3 Å². The topological polar surface area (TPSA) is 117 Å². The second-order valence-corrected chi connectivity index (χ2v) is 6.85. The highest BCUT2D eigenvalue weighted by Gasteiger charge is 2.20. The van der Waals surface area contributed by atoms with Gasteiger partial charge in [0, 0.05) is 21.9 Å². The van der Waals surface area contributed by atoms with Gasteiger partial charge in [0.15, 0.2) is 0 Å². The van der Waals surface area contributed by atoms with Crippen LogP contribution in [0.15, 0.2) is 47.1 Å². The number of pyridine rings is 1. The van der Waals surface area contributed by atoms with Gasteiger partial charge >= 0.3 is 0 Å². The van der Waals surface area contributed by atoms with Crippen LogP contribution >= 0.6 is 15.9 Å². The molecule has 0 aliphatic heterocycles. The zero-order chi connectivity index (χ0) is 20.0. The molecule has 1 atom stereocenters. The van der Waals surface area contributed by atoms with E-state index in [2.05, 4.69) is 31.5 Å². The van der Waals surface area contributed by atoms with Crippen LogP contribution in [0, 0.1) is 0 Å². The largest absolute Gasteiger partial charge is 0.366 e. The van der Waals surface area contributed by atoms with Crippen molar-refractivity contribution in [1.82, 2.24) is 9.88 Å². The van der Waals surface area contributed by atoms with Gasteiger partial charge in [-0.3, -0.25) is 19.3 Å². The van der Waals surface area contributed by atoms with Crippen molar-refractivity contribution in [2.75, 3.05) is 24.2 Å². The highest BCUT2D eigenvalue weighted by Crippen LogP contribution is 2.12. The van der Waals surface area contributed by atoms with Crippen LogP contribution in [0.25, 0.3) is 0 Å². The van der Waals surface area contributed by atoms with E-state index in [-0.39, 0.29) is 18.4 Å². The van der Waals surface area contributed by atoms with Crippen molar-refractivity contribution in [3.05, 3.63) is 52.6 Å². The summed E-state index contributed by atoms with van der Waals surface area (Å²) in [5, 5.41) is 5.41. The lowest BCUT2D eigenvalue weighted by atomic mass is 10.2. The van der Waals surface area contributed by atoms with Crippen LogP contribution in [0.4, 0.5) is 11.5 Å². The Morgan fingerprint density at radius 2 is 1.81 bits per heavy atom. The fourth-order valence-corrected chi connectivity index (χ4v) is 2.39. The third kappa shape index (κ3) is 6.15. The van der Waals surface area contributed by atoms with Gasteiger partial charge < -0.3 is 16.4 Å². The van der Waals surface area contributed by atoms with E-state index in [9.17, 15) is 14.4 Å². The standard InChI is InChI=1S/C18H20BrN5O3/c1-11(18(27)22-14-6-3-12(4-7-14)17(20)26)24(2)10-16(25)23-15-8-5-13(19)9-21-15/h3-9,11H,10H2,1-2H3,(H2,20,26)(H,22,27)(H,21,23,25). The summed E-state index contributed by atoms with van der Waals surface area (Å²) in [5.74, 6) is -0.660. The zero-order valence-electron chi connectivity index (χ0n) is 14.9. The van der Waals surface area contributed by atoms with Crippen LogP contribution in [0.2, 0.25) is 0 Å². The molecule has 1 aromatic carbocycles. The Labute approximate surface area is 165 Å². The number of nitrogens with one attached hydrogen (secondary N) is 2. The number of benzene rings is 1. The van der Waals surface area contributed by atoms with E-state index < -0.39 is 11.9 Å². The Balaban J connectivity index is 1.88. The van der Waals surface area contributed by atoms with E-state index in [1.807, 2.05) is 0 Å². The summed E-state index contributed by atoms with van der Waals surface area (Å²) in [4.78, 5) is 41.2. The molecule has 27 heavy (non-hydrogen) atoms. The lowest BCUT2D eigenvalue weighted by Crippen LogP contribution is -2.43. The predicted octanol–water partition coefficient (Wildman–Crippen LogP) is 1.84. The number of nitrogens with zero attached hydrogens (tertiary/aromatic N) is 2. The highest BCUT2D eigenvalue weighted by molar-refractivity contribution is 9.10. The molecule has 1 heterocycles. The number of hydrogen-bond acceptors (Lipinski definition) is 5. The summed E-state index contributed by atoms with van der Waals surface area (Å²) in [6, 6.07) is 9.15. The minimum Gasteiger partial charge on any atom is -0.366 e. The minimum atomic E-state index is -0.551. The quantitative estimate of drug-likeness (QED) is 0.615. The Bertz CT molecular complexity index is 824. The van der Waals surface area contributed by atoms with Gasteiger partial charge in [-0.1, -0.05) is 0 Å². The third-order valence-electron chi connectivity index (χ3n) is 3.87. The molecule has 0 aliphatic rings. The molecule has 1 unspecified atom stereocenters. The molecule has 2 rings (SSSR count). The molecule has 8 nitrogen and oxygen atoms in total. The number of rotatable bonds is 7. The maximum absolute atomic E-state index is 12.4. The molecule has 0 bridgehead atoms. The SMILES string of the molecule is CC(C(=O)Nc1ccc(C(N)=O)cc1)N(C)CC(=O)Nc1ccc(Br)cn1. The summed E-state index contributed by atoms with van der Waals surface area (Å²) in [6.45, 7) is 1.71. The monoisotopic (exact) mass is 433 g/mol. The van der Waals surface area contributed by atoms with Crippen molar-refractivity contribution in [3.63, 3.8) is 0 Å². The zero-order valence-corrected chi connectivity index (χ0v) is 16.5. The van der Waals surface area contributed by atoms with E-state index in [0.717, 1.165) is 4.47 Å². The number of primary amides is 1. The van der Waals surface area contributed by atoms with Crippen molar-refractivity contribution >= 4 is 45.2 Å². The van der Waals surface area contributed by atoms with E-state index in [1.165, 1.54) is 12.1 Å². The highest BCUT2D eigenvalue weighted by atomic mass is 79.9. The Hall–Kier alpha value is -2.78. The number of carbonyl (C=O) groups is 3. The third-order valence-corrected chi connectivity index (χ3v) is 4.33. The molecular weight excluding hydrogens is 414 g/mol. The van der Waals surface area contributed by atoms with Crippen LogP contribution < -0.4 is 16.4 Å². The number of likely N-dealkylation sites (N-methyl/N-ethyl adjacent to an activating group) is 1. The van der Waals surface area contributed by atoms with Gasteiger partial charge in [-0.2, -0.15) is 0 Å². The first-order valence-corrected chi connectivity index (χ1v) is 8.88. The molecule has 0 fully saturated rings. The molecule has 4 N–H and O–H groups in total. The first kappa shape index (κ1) is 20.5. The molecule has 3 amide bonds. The summed E-state index contributed by atoms with van der Waals surface area (Å²) < 4.78 is 0.812. The molecular formula is C18H20BrN5O3. The van der Waals surface area contributed by atoms with Crippen molar-refractivity contribution in [1.29, 1.82) is 0 Å². The molecule has 0 aliphatic carbocycles. The second kappa shape index (κ2) is 9.24. The fraction of sp³-hybridized carbons (Fsp3) is 0.222. The van der Waals surface area contributed by atoms with E-state index in [4.69, 9.17) is 5.73 Å². The first-order valence-electron chi connectivity index (χ1n) is 8.08. The molecule has 0 radical (unpaired) electrons.